The van der Waals surface area contributed by atoms with Crippen LogP contribution in [0.4, 0.5) is 5.69 Å². The van der Waals surface area contributed by atoms with Crippen LogP contribution in [0, 0.1) is 6.92 Å². The molecule has 0 aliphatic heterocycles. The van der Waals surface area contributed by atoms with Gasteiger partial charge in [0.1, 0.15) is 0 Å². The number of anilines is 1. The lowest BCUT2D eigenvalue weighted by Gasteiger charge is -2.26. The minimum absolute atomic E-state index is 0.0390. The Morgan fingerprint density at radius 1 is 1.40 bits per heavy atom. The highest BCUT2D eigenvalue weighted by molar-refractivity contribution is 5.95. The molecule has 1 N–H and O–H groups in total. The maximum absolute atomic E-state index is 12.5. The van der Waals surface area contributed by atoms with E-state index in [2.05, 4.69) is 6.58 Å². The first-order chi connectivity index (χ1) is 9.63. The van der Waals surface area contributed by atoms with Gasteiger partial charge in [0.15, 0.2) is 0 Å². The molecule has 0 aliphatic carbocycles. The van der Waals surface area contributed by atoms with E-state index in [4.69, 9.17) is 5.11 Å². The molecule has 0 unspecified atom stereocenters. The fourth-order valence-corrected chi connectivity index (χ4v) is 2.18. The van der Waals surface area contributed by atoms with Gasteiger partial charge >= 0.3 is 0 Å². The van der Waals surface area contributed by atoms with Crippen LogP contribution in [0.5, 0.6) is 0 Å². The van der Waals surface area contributed by atoms with E-state index in [1.165, 1.54) is 0 Å². The van der Waals surface area contributed by atoms with E-state index in [0.717, 1.165) is 11.3 Å². The first kappa shape index (κ1) is 16.4. The van der Waals surface area contributed by atoms with Crippen LogP contribution in [0.2, 0.25) is 0 Å². The number of benzene rings is 1. The molecule has 1 rings (SSSR count). The second-order valence-electron chi connectivity index (χ2n) is 4.67. The summed E-state index contributed by atoms with van der Waals surface area (Å²) in [5, 5.41) is 9.03. The first-order valence-corrected chi connectivity index (χ1v) is 6.94. The average molecular weight is 276 g/mol. The van der Waals surface area contributed by atoms with Gasteiger partial charge < -0.3 is 10.0 Å². The zero-order valence-corrected chi connectivity index (χ0v) is 12.4. The van der Waals surface area contributed by atoms with Crippen LogP contribution >= 0.6 is 0 Å². The van der Waals surface area contributed by atoms with Crippen molar-refractivity contribution >= 4 is 11.6 Å². The molecule has 0 atom stereocenters. The molecule has 0 radical (unpaired) electrons. The predicted octanol–water partition coefficient (Wildman–Crippen LogP) is 1.83. The number of carbonyl (C=O) groups excluding carboxylic acids is 1. The van der Waals surface area contributed by atoms with Crippen LogP contribution in [-0.2, 0) is 4.79 Å². The Hall–Kier alpha value is -1.65. The Morgan fingerprint density at radius 2 is 2.10 bits per heavy atom. The molecule has 20 heavy (non-hydrogen) atoms. The Bertz CT molecular complexity index is 446. The standard InChI is InChI=1S/C16H24N2O2/c1-4-10-17(11-12-19)13-16(20)18(5-2)15-9-7-6-8-14(15)3/h4,6-9,19H,1,5,10-13H2,2-3H3. The van der Waals surface area contributed by atoms with Gasteiger partial charge in [-0.2, -0.15) is 0 Å². The summed E-state index contributed by atoms with van der Waals surface area (Å²) in [7, 11) is 0. The third-order valence-corrected chi connectivity index (χ3v) is 3.19. The van der Waals surface area contributed by atoms with Gasteiger partial charge in [0.25, 0.3) is 0 Å². The third kappa shape index (κ3) is 4.47. The van der Waals surface area contributed by atoms with Gasteiger partial charge in [0.2, 0.25) is 5.91 Å². The van der Waals surface area contributed by atoms with Crippen LogP contribution in [-0.4, -0.2) is 48.7 Å². The van der Waals surface area contributed by atoms with Gasteiger partial charge in [-0.15, -0.1) is 6.58 Å². The molecule has 1 aromatic rings. The zero-order valence-electron chi connectivity index (χ0n) is 12.4. The van der Waals surface area contributed by atoms with Crippen molar-refractivity contribution in [1.29, 1.82) is 0 Å². The lowest BCUT2D eigenvalue weighted by molar-refractivity contribution is -0.119. The van der Waals surface area contributed by atoms with Crippen LogP contribution in [0.15, 0.2) is 36.9 Å². The molecule has 0 bridgehead atoms. The Morgan fingerprint density at radius 3 is 2.65 bits per heavy atom. The third-order valence-electron chi connectivity index (χ3n) is 3.19. The van der Waals surface area contributed by atoms with E-state index in [1.807, 2.05) is 43.0 Å². The second kappa shape index (κ2) is 8.51. The molecule has 1 aromatic carbocycles. The van der Waals surface area contributed by atoms with Crippen LogP contribution in [0.25, 0.3) is 0 Å². The molecule has 0 saturated heterocycles. The van der Waals surface area contributed by atoms with Crippen LogP contribution < -0.4 is 4.90 Å². The molecule has 110 valence electrons. The normalized spacial score (nSPS) is 10.6. The van der Waals surface area contributed by atoms with Gasteiger partial charge in [-0.05, 0) is 25.5 Å². The van der Waals surface area contributed by atoms with Crippen molar-refractivity contribution in [3.8, 4) is 0 Å². The Balaban J connectivity index is 2.81. The highest BCUT2D eigenvalue weighted by Crippen LogP contribution is 2.19. The summed E-state index contributed by atoms with van der Waals surface area (Å²) >= 11 is 0. The van der Waals surface area contributed by atoms with Crippen molar-refractivity contribution in [1.82, 2.24) is 4.90 Å². The van der Waals surface area contributed by atoms with Crippen molar-refractivity contribution < 1.29 is 9.90 Å². The highest BCUT2D eigenvalue weighted by atomic mass is 16.3. The van der Waals surface area contributed by atoms with E-state index >= 15 is 0 Å². The number of para-hydroxylation sites is 1. The van der Waals surface area contributed by atoms with Crippen molar-refractivity contribution in [2.75, 3.05) is 37.7 Å². The summed E-state index contributed by atoms with van der Waals surface area (Å²) in [4.78, 5) is 16.1. The molecule has 0 aromatic heterocycles. The number of amides is 1. The summed E-state index contributed by atoms with van der Waals surface area (Å²) < 4.78 is 0. The SMILES string of the molecule is C=CCN(CCO)CC(=O)N(CC)c1ccccc1C. The van der Waals surface area contributed by atoms with Gasteiger partial charge in [-0.3, -0.25) is 9.69 Å². The summed E-state index contributed by atoms with van der Waals surface area (Å²) in [5.41, 5.74) is 2.03. The molecule has 0 spiro atoms. The number of carbonyl (C=O) groups is 1. The first-order valence-electron chi connectivity index (χ1n) is 6.94. The maximum Gasteiger partial charge on any atom is 0.241 e. The summed E-state index contributed by atoms with van der Waals surface area (Å²) in [6, 6.07) is 7.86. The molecular weight excluding hydrogens is 252 g/mol. The van der Waals surface area contributed by atoms with Gasteiger partial charge in [0.05, 0.1) is 13.2 Å². The zero-order chi connectivity index (χ0) is 15.0. The fraction of sp³-hybridized carbons (Fsp3) is 0.438. The minimum atomic E-state index is 0.0390. The highest BCUT2D eigenvalue weighted by Gasteiger charge is 2.18. The Kier molecular flexibility index (Phi) is 6.98. The number of aliphatic hydroxyl groups excluding tert-OH is 1. The molecular formula is C16H24N2O2. The van der Waals surface area contributed by atoms with Crippen molar-refractivity contribution in [2.24, 2.45) is 0 Å². The number of aryl methyl sites for hydroxylation is 1. The number of hydrogen-bond donors (Lipinski definition) is 1. The van der Waals surface area contributed by atoms with Gasteiger partial charge in [-0.25, -0.2) is 0 Å². The minimum Gasteiger partial charge on any atom is -0.395 e. The van der Waals surface area contributed by atoms with E-state index in [0.29, 0.717) is 19.6 Å². The monoisotopic (exact) mass is 276 g/mol. The van der Waals surface area contributed by atoms with E-state index in [1.54, 1.807) is 11.0 Å². The van der Waals surface area contributed by atoms with Crippen LogP contribution in [0.1, 0.15) is 12.5 Å². The van der Waals surface area contributed by atoms with Crippen molar-refractivity contribution in [3.63, 3.8) is 0 Å². The molecule has 1 amide bonds. The van der Waals surface area contributed by atoms with Gasteiger partial charge in [-0.1, -0.05) is 24.3 Å². The second-order valence-corrected chi connectivity index (χ2v) is 4.67. The van der Waals surface area contributed by atoms with E-state index in [9.17, 15) is 4.79 Å². The lowest BCUT2D eigenvalue weighted by atomic mass is 10.2. The quantitative estimate of drug-likeness (QED) is 0.737. The molecule has 0 aliphatic rings. The topological polar surface area (TPSA) is 43.8 Å². The molecule has 0 saturated carbocycles. The summed E-state index contributed by atoms with van der Waals surface area (Å²) in [6.07, 6.45) is 1.74. The largest absolute Gasteiger partial charge is 0.395 e. The van der Waals surface area contributed by atoms with E-state index in [-0.39, 0.29) is 19.1 Å². The van der Waals surface area contributed by atoms with Crippen molar-refractivity contribution in [3.05, 3.63) is 42.5 Å². The van der Waals surface area contributed by atoms with Gasteiger partial charge in [0, 0.05) is 25.3 Å². The molecule has 0 fully saturated rings. The number of rotatable bonds is 8. The number of hydrogen-bond acceptors (Lipinski definition) is 3. The fourth-order valence-electron chi connectivity index (χ4n) is 2.18. The lowest BCUT2D eigenvalue weighted by Crippen LogP contribution is -2.41. The smallest absolute Gasteiger partial charge is 0.241 e. The maximum atomic E-state index is 12.5. The van der Waals surface area contributed by atoms with E-state index < -0.39 is 0 Å². The van der Waals surface area contributed by atoms with Crippen LogP contribution in [0.3, 0.4) is 0 Å². The predicted molar refractivity (Wildman–Crippen MR) is 82.9 cm³/mol. The molecule has 4 heteroatoms. The number of nitrogens with zero attached hydrogens (tertiary/aromatic N) is 2. The number of aliphatic hydroxyl groups is 1. The summed E-state index contributed by atoms with van der Waals surface area (Å²) in [6.45, 7) is 9.67. The average Bonchev–Trinajstić information content (AvgIpc) is 2.42. The summed E-state index contributed by atoms with van der Waals surface area (Å²) in [5.74, 6) is 0.0390. The molecule has 4 nitrogen and oxygen atoms in total. The Labute approximate surface area is 121 Å². The number of likely N-dealkylation sites (N-methyl/N-ethyl adjacent to an activating group) is 1. The molecule has 0 heterocycles. The van der Waals surface area contributed by atoms with Crippen molar-refractivity contribution in [2.45, 2.75) is 13.8 Å².